The van der Waals surface area contributed by atoms with Gasteiger partial charge in [0.25, 0.3) is 0 Å². The van der Waals surface area contributed by atoms with Gasteiger partial charge in [-0.25, -0.2) is 0 Å². The fourth-order valence-electron chi connectivity index (χ4n) is 1.87. The minimum atomic E-state index is -0.810. The third-order valence-electron chi connectivity index (χ3n) is 3.25. The highest BCUT2D eigenvalue weighted by Gasteiger charge is 2.10. The number of benzene rings is 1. The summed E-state index contributed by atoms with van der Waals surface area (Å²) in [6.07, 6.45) is 1.92. The molecule has 0 radical (unpaired) electrons. The van der Waals surface area contributed by atoms with Gasteiger partial charge in [-0.05, 0) is 36.6 Å². The predicted octanol–water partition coefficient (Wildman–Crippen LogP) is 2.02. The summed E-state index contributed by atoms with van der Waals surface area (Å²) in [6, 6.07) is 7.24. The first-order valence-electron chi connectivity index (χ1n) is 6.85. The smallest absolute Gasteiger partial charge is 0.303 e. The summed E-state index contributed by atoms with van der Waals surface area (Å²) < 4.78 is 0. The summed E-state index contributed by atoms with van der Waals surface area (Å²) in [5.41, 5.74) is 7.24. The maximum Gasteiger partial charge on any atom is 0.303 e. The molecular weight excluding hydrogens is 256 g/mol. The highest BCUT2D eigenvalue weighted by molar-refractivity contribution is 5.90. The molecule has 1 unspecified atom stereocenters. The average molecular weight is 278 g/mol. The first kappa shape index (κ1) is 16.2. The lowest BCUT2D eigenvalue weighted by molar-refractivity contribution is -0.137. The van der Waals surface area contributed by atoms with Crippen LogP contribution < -0.4 is 11.1 Å². The van der Waals surface area contributed by atoms with Crippen LogP contribution in [0.3, 0.4) is 0 Å². The van der Waals surface area contributed by atoms with Crippen molar-refractivity contribution in [1.82, 2.24) is 0 Å². The van der Waals surface area contributed by atoms with Crippen molar-refractivity contribution < 1.29 is 14.7 Å². The Bertz CT molecular complexity index is 439. The zero-order chi connectivity index (χ0) is 15.0. The molecule has 0 heterocycles. The van der Waals surface area contributed by atoms with Crippen LogP contribution in [-0.4, -0.2) is 23.5 Å². The molecule has 0 spiro atoms. The second kappa shape index (κ2) is 8.32. The Hall–Kier alpha value is -1.88. The summed E-state index contributed by atoms with van der Waals surface area (Å²) in [7, 11) is 0. The summed E-state index contributed by atoms with van der Waals surface area (Å²) in [6.45, 7) is 2.53. The Morgan fingerprint density at radius 1 is 1.30 bits per heavy atom. The third-order valence-corrected chi connectivity index (χ3v) is 3.25. The molecule has 0 aliphatic carbocycles. The van der Waals surface area contributed by atoms with Gasteiger partial charge >= 0.3 is 5.97 Å². The number of carbonyl (C=O) groups is 2. The number of rotatable bonds is 8. The van der Waals surface area contributed by atoms with Crippen molar-refractivity contribution in [2.75, 3.05) is 11.9 Å². The Morgan fingerprint density at radius 3 is 2.45 bits per heavy atom. The number of carbonyl (C=O) groups excluding carboxylic acids is 1. The van der Waals surface area contributed by atoms with E-state index in [9.17, 15) is 9.59 Å². The highest BCUT2D eigenvalue weighted by atomic mass is 16.4. The van der Waals surface area contributed by atoms with Crippen molar-refractivity contribution in [1.29, 1.82) is 0 Å². The van der Waals surface area contributed by atoms with Crippen LogP contribution in [0.1, 0.15) is 31.7 Å². The molecule has 0 saturated heterocycles. The largest absolute Gasteiger partial charge is 0.481 e. The second-order valence-corrected chi connectivity index (χ2v) is 4.85. The molecule has 1 amide bonds. The van der Waals surface area contributed by atoms with Gasteiger partial charge < -0.3 is 16.2 Å². The molecule has 0 fully saturated rings. The van der Waals surface area contributed by atoms with E-state index >= 15 is 0 Å². The summed E-state index contributed by atoms with van der Waals surface area (Å²) >= 11 is 0. The number of aliphatic carboxylic acids is 1. The molecule has 0 aromatic heterocycles. The van der Waals surface area contributed by atoms with Crippen molar-refractivity contribution in [3.63, 3.8) is 0 Å². The van der Waals surface area contributed by atoms with Gasteiger partial charge in [0.1, 0.15) is 0 Å². The van der Waals surface area contributed by atoms with Crippen molar-refractivity contribution in [2.45, 2.75) is 32.6 Å². The normalized spacial score (nSPS) is 11.9. The fourth-order valence-corrected chi connectivity index (χ4v) is 1.87. The van der Waals surface area contributed by atoms with E-state index in [2.05, 4.69) is 5.32 Å². The average Bonchev–Trinajstić information content (AvgIpc) is 2.44. The molecular formula is C15H22N2O3. The Kier molecular flexibility index (Phi) is 6.73. The van der Waals surface area contributed by atoms with Crippen LogP contribution in [0, 0.1) is 5.92 Å². The van der Waals surface area contributed by atoms with Crippen LogP contribution in [0.2, 0.25) is 0 Å². The number of amides is 1. The van der Waals surface area contributed by atoms with Crippen molar-refractivity contribution in [2.24, 2.45) is 11.7 Å². The molecule has 0 aliphatic rings. The molecule has 1 rings (SSSR count). The van der Waals surface area contributed by atoms with Crippen LogP contribution in [0.15, 0.2) is 24.3 Å². The van der Waals surface area contributed by atoms with Gasteiger partial charge in [0, 0.05) is 18.5 Å². The Balaban J connectivity index is 2.48. The summed E-state index contributed by atoms with van der Waals surface area (Å²) in [4.78, 5) is 22.3. The summed E-state index contributed by atoms with van der Waals surface area (Å²) in [5.74, 6) is -0.639. The van der Waals surface area contributed by atoms with Gasteiger partial charge in [-0.2, -0.15) is 0 Å². The molecule has 110 valence electrons. The topological polar surface area (TPSA) is 92.4 Å². The minimum absolute atomic E-state index is 0.0411. The first-order valence-corrected chi connectivity index (χ1v) is 6.85. The zero-order valence-corrected chi connectivity index (χ0v) is 11.8. The van der Waals surface area contributed by atoms with E-state index in [1.807, 2.05) is 19.1 Å². The molecule has 5 heteroatoms. The minimum Gasteiger partial charge on any atom is -0.481 e. The van der Waals surface area contributed by atoms with Crippen LogP contribution in [0.4, 0.5) is 5.69 Å². The Morgan fingerprint density at radius 2 is 1.95 bits per heavy atom. The molecule has 5 nitrogen and oxygen atoms in total. The highest BCUT2D eigenvalue weighted by Crippen LogP contribution is 2.13. The Labute approximate surface area is 119 Å². The zero-order valence-electron chi connectivity index (χ0n) is 11.8. The van der Waals surface area contributed by atoms with Crippen LogP contribution in [0.5, 0.6) is 0 Å². The van der Waals surface area contributed by atoms with Crippen LogP contribution in [-0.2, 0) is 16.0 Å². The van der Waals surface area contributed by atoms with E-state index in [0.717, 1.165) is 17.7 Å². The molecule has 0 bridgehead atoms. The van der Waals surface area contributed by atoms with Gasteiger partial charge in [0.2, 0.25) is 5.91 Å². The van der Waals surface area contributed by atoms with Gasteiger partial charge in [-0.3, -0.25) is 9.59 Å². The molecule has 20 heavy (non-hydrogen) atoms. The van der Waals surface area contributed by atoms with E-state index in [0.29, 0.717) is 19.4 Å². The third kappa shape index (κ3) is 5.84. The standard InChI is InChI=1S/C15H22N2O3/c1-2-11(10-16)9-14(18)17-13-6-3-12(4-7-13)5-8-15(19)20/h3-4,6-7,11H,2,5,8-10,16H2,1H3,(H,17,18)(H,19,20). The van der Waals surface area contributed by atoms with Gasteiger partial charge in [0.15, 0.2) is 0 Å². The molecule has 1 aromatic rings. The predicted molar refractivity (Wildman–Crippen MR) is 78.5 cm³/mol. The van der Waals surface area contributed by atoms with E-state index in [1.165, 1.54) is 0 Å². The number of nitrogens with two attached hydrogens (primary N) is 1. The van der Waals surface area contributed by atoms with E-state index in [-0.39, 0.29) is 18.2 Å². The first-order chi connectivity index (χ1) is 9.55. The SMILES string of the molecule is CCC(CN)CC(=O)Nc1ccc(CCC(=O)O)cc1. The van der Waals surface area contributed by atoms with Gasteiger partial charge in [-0.1, -0.05) is 25.5 Å². The molecule has 0 saturated carbocycles. The van der Waals surface area contributed by atoms with Gasteiger partial charge in [0.05, 0.1) is 0 Å². The van der Waals surface area contributed by atoms with E-state index < -0.39 is 5.97 Å². The summed E-state index contributed by atoms with van der Waals surface area (Å²) in [5, 5.41) is 11.4. The van der Waals surface area contributed by atoms with Crippen molar-refractivity contribution >= 4 is 17.6 Å². The second-order valence-electron chi connectivity index (χ2n) is 4.85. The van der Waals surface area contributed by atoms with Crippen LogP contribution in [0.25, 0.3) is 0 Å². The monoisotopic (exact) mass is 278 g/mol. The fraction of sp³-hybridized carbons (Fsp3) is 0.467. The van der Waals surface area contributed by atoms with E-state index in [4.69, 9.17) is 10.8 Å². The number of carboxylic acid groups (broad SMARTS) is 1. The number of aryl methyl sites for hydroxylation is 1. The maximum atomic E-state index is 11.8. The molecule has 4 N–H and O–H groups in total. The molecule has 1 atom stereocenters. The van der Waals surface area contributed by atoms with Crippen molar-refractivity contribution in [3.05, 3.63) is 29.8 Å². The van der Waals surface area contributed by atoms with Gasteiger partial charge in [-0.15, -0.1) is 0 Å². The quantitative estimate of drug-likeness (QED) is 0.678. The number of anilines is 1. The maximum absolute atomic E-state index is 11.8. The number of hydrogen-bond donors (Lipinski definition) is 3. The lowest BCUT2D eigenvalue weighted by Crippen LogP contribution is -2.21. The lowest BCUT2D eigenvalue weighted by Gasteiger charge is -2.12. The van der Waals surface area contributed by atoms with E-state index in [1.54, 1.807) is 12.1 Å². The lowest BCUT2D eigenvalue weighted by atomic mass is 10.0. The van der Waals surface area contributed by atoms with Crippen molar-refractivity contribution in [3.8, 4) is 0 Å². The number of carboxylic acids is 1. The molecule has 1 aromatic carbocycles. The number of hydrogen-bond acceptors (Lipinski definition) is 3. The molecule has 0 aliphatic heterocycles. The number of nitrogens with one attached hydrogen (secondary N) is 1. The van der Waals surface area contributed by atoms with Crippen LogP contribution >= 0.6 is 0 Å².